The van der Waals surface area contributed by atoms with E-state index in [0.29, 0.717) is 0 Å². The summed E-state index contributed by atoms with van der Waals surface area (Å²) >= 11 is 0. The van der Waals surface area contributed by atoms with Crippen LogP contribution in [0.3, 0.4) is 0 Å². The summed E-state index contributed by atoms with van der Waals surface area (Å²) in [7, 11) is 0. The van der Waals surface area contributed by atoms with Crippen molar-refractivity contribution < 1.29 is 327 Å². The minimum atomic E-state index is -2.86. The summed E-state index contributed by atoms with van der Waals surface area (Å²) in [5.74, 6) is -8.57. The van der Waals surface area contributed by atoms with Crippen molar-refractivity contribution in [2.45, 2.75) is 427 Å². The maximum atomic E-state index is 13.7. The second-order valence-corrected chi connectivity index (χ2v) is 36.6. The molecule has 0 aliphatic carbocycles. The summed E-state index contributed by atoms with van der Waals surface area (Å²) in [5.41, 5.74) is 0. The quantitative estimate of drug-likeness (QED) is 0.0290. The van der Waals surface area contributed by atoms with Gasteiger partial charge in [-0.25, -0.2) is 19.2 Å². The molecule has 0 saturated carbocycles. The molecule has 37 N–H and O–H groups in total. The van der Waals surface area contributed by atoms with E-state index < -0.39 is 456 Å². The molecule has 0 aromatic heterocycles. The summed E-state index contributed by atoms with van der Waals surface area (Å²) in [4.78, 5) is 52.8. The summed E-state index contributed by atoms with van der Waals surface area (Å²) < 4.78 is 142. The Hall–Kier alpha value is -4.44. The van der Waals surface area contributed by atoms with Crippen molar-refractivity contribution >= 4 is 23.9 Å². The smallest absolute Gasteiger partial charge is 0.335 e. The highest BCUT2D eigenvalue weighted by Gasteiger charge is 2.65. The molecular formula is C78H124O66. The molecule has 65 atom stereocenters. The summed E-state index contributed by atoms with van der Waals surface area (Å²) in [6.45, 7) is -0.455. The average molecular weight is 2120 g/mol. The first-order valence-corrected chi connectivity index (χ1v) is 45.1. The van der Waals surface area contributed by atoms with E-state index in [1.807, 2.05) is 0 Å². The Morgan fingerprint density at radius 1 is 0.181 bits per heavy atom. The van der Waals surface area contributed by atoms with Crippen molar-refractivity contribution in [1.29, 1.82) is 0 Å². The molecule has 13 aliphatic rings. The van der Waals surface area contributed by atoms with E-state index in [0.717, 1.165) is 20.8 Å². The monoisotopic (exact) mass is 2120 g/mol. The second-order valence-electron chi connectivity index (χ2n) is 36.6. The predicted octanol–water partition coefficient (Wildman–Crippen LogP) is -24.9. The third-order valence-electron chi connectivity index (χ3n) is 26.9. The van der Waals surface area contributed by atoms with Crippen LogP contribution in [0.15, 0.2) is 0 Å². The lowest BCUT2D eigenvalue weighted by molar-refractivity contribution is -0.411. The van der Waals surface area contributed by atoms with Crippen LogP contribution in [0, 0.1) is 0 Å². The molecule has 13 fully saturated rings. The molecule has 13 heterocycles. The lowest BCUT2D eigenvalue weighted by Crippen LogP contribution is -2.69. The summed E-state index contributed by atoms with van der Waals surface area (Å²) in [6, 6.07) is 0. The fourth-order valence-corrected chi connectivity index (χ4v) is 18.4. The van der Waals surface area contributed by atoms with Crippen molar-refractivity contribution in [2.75, 3.05) is 33.0 Å². The molecule has 13 saturated heterocycles. The second kappa shape index (κ2) is 48.5. The van der Waals surface area contributed by atoms with Crippen LogP contribution in [-0.2, 0) is 138 Å². The SMILES string of the molecule is C[C@@H]1O[C@H](O[C@@H]2[C@H](O)[C@@H](O)[C@@H](O[C@H]3C(O)O[C@@H](C)[C@H](O[C@@H]4O[C@H](CO[C@@H]5O[C@H](CO)[C@H](O)[C@H](O)[C@H]5O)[C@H](O)[C@H](O)[C@H]4O)[C@H]3O)O[C@@H]2C(=O)O)[C@H](O[C@H]2O[C@H](C(=O)O)[C@H](O[C@H]3O[C@@H](C)[C@H](O[C@@H]4O[C@H](CO[C@@H]5O[C@H](CO)[C@H](O)[C@H](O)[C@H]5O)[C@H](O)[C@H](O)[C@H]4O)[C@@H](O)[C@H]3O[C@H]3O[C@H](C(=O)O)[C@H](O[C@H]4O[C@@H](C)[C@H](O[C@@H]5O[C@H](CO)[C@H](O)[C@H](O)[C@H]5O)[C@@H](O)[C@@H]4O[C@H]4O[C@H](C(=O)O)[C@H](O)[C@H](O)[C@H]4O)[C@H](O)[C@H]3O)[C@H](O)[C@H]2O)[C@H](O)[C@H]1O. The van der Waals surface area contributed by atoms with E-state index in [-0.39, 0.29) is 0 Å². The van der Waals surface area contributed by atoms with Gasteiger partial charge in [-0.1, -0.05) is 0 Å². The van der Waals surface area contributed by atoms with Gasteiger partial charge in [0.1, 0.15) is 269 Å². The number of aliphatic hydroxyl groups is 33. The Labute approximate surface area is 808 Å². The van der Waals surface area contributed by atoms with Gasteiger partial charge in [-0.15, -0.1) is 0 Å². The molecule has 13 rings (SSSR count). The highest BCUT2D eigenvalue weighted by atomic mass is 16.8. The topological polar surface area (TPSA) is 1050 Å². The van der Waals surface area contributed by atoms with Gasteiger partial charge in [0, 0.05) is 0 Å². The minimum absolute atomic E-state index is 0.864. The summed E-state index contributed by atoms with van der Waals surface area (Å²) in [6.07, 6.45) is -148. The number of aliphatic carboxylic acids is 4. The van der Waals surface area contributed by atoms with E-state index in [2.05, 4.69) is 0 Å². The van der Waals surface area contributed by atoms with Crippen LogP contribution >= 0.6 is 0 Å². The zero-order valence-electron chi connectivity index (χ0n) is 75.4. The number of carboxylic acid groups (broad SMARTS) is 4. The molecule has 144 heavy (non-hydrogen) atoms. The number of rotatable bonds is 33. The van der Waals surface area contributed by atoms with Crippen LogP contribution in [0.2, 0.25) is 0 Å². The predicted molar refractivity (Wildman–Crippen MR) is 424 cm³/mol. The largest absolute Gasteiger partial charge is 0.479 e. The number of aliphatic hydroxyl groups excluding tert-OH is 33. The normalized spacial score (nSPS) is 53.7. The number of carboxylic acids is 4. The molecule has 0 radical (unpaired) electrons. The van der Waals surface area contributed by atoms with Crippen LogP contribution in [-0.4, -0.2) is 645 Å². The Morgan fingerprint density at radius 2 is 0.389 bits per heavy atom. The van der Waals surface area contributed by atoms with Gasteiger partial charge in [0.05, 0.1) is 57.5 Å². The lowest BCUT2D eigenvalue weighted by atomic mass is 9.94. The van der Waals surface area contributed by atoms with Crippen LogP contribution in [0.1, 0.15) is 27.7 Å². The van der Waals surface area contributed by atoms with E-state index in [9.17, 15) is 208 Å². The van der Waals surface area contributed by atoms with Crippen molar-refractivity contribution in [2.24, 2.45) is 0 Å². The van der Waals surface area contributed by atoms with Crippen molar-refractivity contribution in [3.05, 3.63) is 0 Å². The van der Waals surface area contributed by atoms with Gasteiger partial charge >= 0.3 is 23.9 Å². The van der Waals surface area contributed by atoms with Crippen molar-refractivity contribution in [3.8, 4) is 0 Å². The molecule has 0 amide bonds. The van der Waals surface area contributed by atoms with Gasteiger partial charge in [-0.3, -0.25) is 0 Å². The zero-order chi connectivity index (χ0) is 106. The lowest BCUT2D eigenvalue weighted by Gasteiger charge is -2.51. The van der Waals surface area contributed by atoms with Gasteiger partial charge in [0.2, 0.25) is 0 Å². The molecule has 66 nitrogen and oxygen atoms in total. The number of hydrogen-bond donors (Lipinski definition) is 37. The first-order valence-electron chi connectivity index (χ1n) is 45.1. The van der Waals surface area contributed by atoms with Crippen LogP contribution < -0.4 is 0 Å². The molecule has 1 unspecified atom stereocenters. The maximum Gasteiger partial charge on any atom is 0.335 e. The number of hydrogen-bond acceptors (Lipinski definition) is 62. The molecule has 0 aromatic rings. The fourth-order valence-electron chi connectivity index (χ4n) is 18.4. The van der Waals surface area contributed by atoms with Gasteiger partial charge in [-0.2, -0.15) is 0 Å². The molecule has 0 bridgehead atoms. The standard InChI is InChI=1S/C78H124O66/c1-10-19(82)31(94)56(76(123-10)134-51-33(96)42(105)73(142-59(51)63(113)114)138-55-45(108)48(11(2)122-66(55)119)131-70-39(102)28(91)23(86)17(129-70)8-120-67-36(99)25(88)20(83)14(5-79)126-67)139-74-43(106)34(97)52(60(143-74)64(115)116)136-78-58(47(110)50(13(4)125-78)133-71-40(103)29(92)24(87)18(130-71)9-121-68-37(100)26(89)21(84)15(6-80)127-68)141-75-44(107)35(98)53(61(144-75)65(117)118)135-77-57(140-72-41(104)30(93)32(95)54(137-72)62(111)112)46(109)49(12(3)124-77)132-69-38(101)27(90)22(85)16(7-81)128-69/h10-61,66-110,119H,5-9H2,1-4H3,(H,111,112)(H,113,114)(H,115,116)(H,117,118)/t10-,11-,12-,13-,14+,15+,16+,17+,18+,19-,20-,21-,22-,23-,24-,25-,26-,27-,28-,29-,30-,31+,32+,33+,34+,35+,36+,37+,38+,39+,40+,41+,42+,43+,44+,45+,46+,47+,48-,49-,50-,51+,52+,53+,54-,55+,56+,57-,58+,59-,60-,61-,66?,67+,68+,69-,70-,71-,72+,73-,74-,75-,76+,77+,78+/m0/s1. The minimum Gasteiger partial charge on any atom is -0.479 e. The highest BCUT2D eigenvalue weighted by Crippen LogP contribution is 2.44. The van der Waals surface area contributed by atoms with Crippen LogP contribution in [0.5, 0.6) is 0 Å². The third kappa shape index (κ3) is 23.9. The molecule has 832 valence electrons. The highest BCUT2D eigenvalue weighted by molar-refractivity contribution is 5.75. The number of carbonyl (C=O) groups is 4. The Bertz CT molecular complexity index is 4090. The Morgan fingerprint density at radius 3 is 0.694 bits per heavy atom. The van der Waals surface area contributed by atoms with E-state index in [1.165, 1.54) is 6.92 Å². The van der Waals surface area contributed by atoms with E-state index in [4.69, 9.17) is 118 Å². The van der Waals surface area contributed by atoms with Crippen LogP contribution in [0.4, 0.5) is 0 Å². The Kier molecular flexibility index (Phi) is 39.3. The van der Waals surface area contributed by atoms with Crippen LogP contribution in [0.25, 0.3) is 0 Å². The zero-order valence-corrected chi connectivity index (χ0v) is 75.4. The fraction of sp³-hybridized carbons (Fsp3) is 0.949. The average Bonchev–Trinajstić information content (AvgIpc) is 0.756. The van der Waals surface area contributed by atoms with E-state index >= 15 is 0 Å². The molecule has 66 heteroatoms. The van der Waals surface area contributed by atoms with Crippen molar-refractivity contribution in [3.63, 3.8) is 0 Å². The Balaban J connectivity index is 0.735. The maximum absolute atomic E-state index is 13.7. The van der Waals surface area contributed by atoms with Gasteiger partial charge in [0.25, 0.3) is 0 Å². The van der Waals surface area contributed by atoms with Gasteiger partial charge in [-0.05, 0) is 27.7 Å². The molecule has 0 spiro atoms. The number of ether oxygens (including phenoxy) is 25. The molecule has 0 aromatic carbocycles. The van der Waals surface area contributed by atoms with Gasteiger partial charge < -0.3 is 307 Å². The molecular weight excluding hydrogens is 1990 g/mol. The summed E-state index contributed by atoms with van der Waals surface area (Å²) in [5, 5.41) is 409. The molecule has 13 aliphatic heterocycles. The van der Waals surface area contributed by atoms with Crippen molar-refractivity contribution in [1.82, 2.24) is 0 Å². The first-order chi connectivity index (χ1) is 67.7. The third-order valence-corrected chi connectivity index (χ3v) is 26.9. The van der Waals surface area contributed by atoms with E-state index in [1.54, 1.807) is 0 Å². The first kappa shape index (κ1) is 117. The van der Waals surface area contributed by atoms with Gasteiger partial charge in [0.15, 0.2) is 106 Å².